The Morgan fingerprint density at radius 1 is 1.22 bits per heavy atom. The fraction of sp³-hybridized carbons (Fsp3) is 0.391. The summed E-state index contributed by atoms with van der Waals surface area (Å²) in [5, 5.41) is 2.41. The van der Waals surface area contributed by atoms with Gasteiger partial charge in [0.15, 0.2) is 10.8 Å². The summed E-state index contributed by atoms with van der Waals surface area (Å²) in [6, 6.07) is 6.30. The fourth-order valence-electron chi connectivity index (χ4n) is 3.31. The predicted octanol–water partition coefficient (Wildman–Crippen LogP) is 4.25. The molecule has 1 aliphatic rings. The monoisotopic (exact) mass is 462 g/mol. The van der Waals surface area contributed by atoms with Gasteiger partial charge in [-0.3, -0.25) is 9.89 Å². The predicted molar refractivity (Wildman–Crippen MR) is 123 cm³/mol. The lowest BCUT2D eigenvalue weighted by molar-refractivity contribution is 0.264. The van der Waals surface area contributed by atoms with Gasteiger partial charge in [0.25, 0.3) is 0 Å². The van der Waals surface area contributed by atoms with Crippen LogP contribution < -0.4 is 5.32 Å². The molecule has 6 nitrogen and oxygen atoms in total. The number of sulfone groups is 1. The third-order valence-electron chi connectivity index (χ3n) is 5.46. The number of anilines is 1. The van der Waals surface area contributed by atoms with Gasteiger partial charge in [-0.15, -0.1) is 0 Å². The molecule has 0 bridgehead atoms. The third kappa shape index (κ3) is 5.58. The van der Waals surface area contributed by atoms with Crippen LogP contribution in [-0.2, 0) is 22.9 Å². The third-order valence-corrected chi connectivity index (χ3v) is 7.01. The van der Waals surface area contributed by atoms with Gasteiger partial charge in [0.2, 0.25) is 9.84 Å². The Morgan fingerprint density at radius 3 is 2.62 bits per heavy atom. The smallest absolute Gasteiger partial charge is 0.204 e. The molecule has 2 aromatic rings. The van der Waals surface area contributed by atoms with Gasteiger partial charge < -0.3 is 5.32 Å². The van der Waals surface area contributed by atoms with E-state index in [4.69, 9.17) is 0 Å². The summed E-state index contributed by atoms with van der Waals surface area (Å²) in [6.07, 6.45) is 3.84. The lowest BCUT2D eigenvalue weighted by atomic mass is 10.1. The summed E-state index contributed by atoms with van der Waals surface area (Å²) in [7, 11) is -2.02. The molecule has 0 amide bonds. The number of benzene rings is 1. The summed E-state index contributed by atoms with van der Waals surface area (Å²) in [5.74, 6) is -1.71. The molecule has 3 rings (SSSR count). The van der Waals surface area contributed by atoms with Crippen molar-refractivity contribution in [3.05, 3.63) is 64.5 Å². The quantitative estimate of drug-likeness (QED) is 0.603. The van der Waals surface area contributed by atoms with Crippen LogP contribution in [0.15, 0.2) is 46.1 Å². The second-order valence-corrected chi connectivity index (χ2v) is 10.1. The SMILES string of the molecule is Cc1nc(S(=O)(=O)CC2=CCC=N2)c(F)cc1NCc1c(F)cccc1CN(C)C(C)C. The maximum atomic E-state index is 14.7. The van der Waals surface area contributed by atoms with Crippen LogP contribution >= 0.6 is 0 Å². The van der Waals surface area contributed by atoms with Crippen LogP contribution in [-0.4, -0.2) is 43.4 Å². The average molecular weight is 463 g/mol. The summed E-state index contributed by atoms with van der Waals surface area (Å²) in [6.45, 7) is 6.38. The molecule has 0 atom stereocenters. The molecular weight excluding hydrogens is 434 g/mol. The highest BCUT2D eigenvalue weighted by atomic mass is 32.2. The summed E-state index contributed by atoms with van der Waals surface area (Å²) in [4.78, 5) is 10.1. The van der Waals surface area contributed by atoms with Gasteiger partial charge in [-0.05, 0) is 39.4 Å². The first-order chi connectivity index (χ1) is 15.1. The van der Waals surface area contributed by atoms with Crippen molar-refractivity contribution in [3.8, 4) is 0 Å². The number of halogens is 2. The second kappa shape index (κ2) is 9.87. The van der Waals surface area contributed by atoms with E-state index in [1.54, 1.807) is 25.3 Å². The maximum absolute atomic E-state index is 14.7. The normalized spacial score (nSPS) is 13.8. The molecule has 0 unspecified atom stereocenters. The second-order valence-electron chi connectivity index (χ2n) is 8.15. The number of nitrogens with one attached hydrogen (secondary N) is 1. The van der Waals surface area contributed by atoms with Gasteiger partial charge in [0.1, 0.15) is 5.82 Å². The lowest BCUT2D eigenvalue weighted by Crippen LogP contribution is -2.26. The molecule has 1 aromatic heterocycles. The largest absolute Gasteiger partial charge is 0.379 e. The molecular formula is C23H28F2N4O2S. The van der Waals surface area contributed by atoms with Crippen molar-refractivity contribution in [2.24, 2.45) is 4.99 Å². The zero-order valence-corrected chi connectivity index (χ0v) is 19.5. The molecule has 32 heavy (non-hydrogen) atoms. The van der Waals surface area contributed by atoms with E-state index in [0.29, 0.717) is 41.6 Å². The first-order valence-electron chi connectivity index (χ1n) is 10.4. The van der Waals surface area contributed by atoms with E-state index in [1.165, 1.54) is 6.07 Å². The van der Waals surface area contributed by atoms with E-state index < -0.39 is 26.4 Å². The van der Waals surface area contributed by atoms with Gasteiger partial charge in [0, 0.05) is 43.4 Å². The summed E-state index contributed by atoms with van der Waals surface area (Å²) >= 11 is 0. The Hall–Kier alpha value is -2.65. The van der Waals surface area contributed by atoms with E-state index in [9.17, 15) is 17.2 Å². The minimum Gasteiger partial charge on any atom is -0.379 e. The number of rotatable bonds is 9. The van der Waals surface area contributed by atoms with E-state index >= 15 is 0 Å². The van der Waals surface area contributed by atoms with Gasteiger partial charge >= 0.3 is 0 Å². The maximum Gasteiger partial charge on any atom is 0.204 e. The lowest BCUT2D eigenvalue weighted by Gasteiger charge is -2.23. The number of hydrogen-bond acceptors (Lipinski definition) is 6. The molecule has 1 aliphatic heterocycles. The molecule has 0 radical (unpaired) electrons. The Labute approximate surface area is 188 Å². The summed E-state index contributed by atoms with van der Waals surface area (Å²) < 4.78 is 54.5. The molecule has 1 N–H and O–H groups in total. The van der Waals surface area contributed by atoms with Crippen molar-refractivity contribution in [3.63, 3.8) is 0 Å². The van der Waals surface area contributed by atoms with Crippen molar-refractivity contribution >= 4 is 21.7 Å². The number of allylic oxidation sites excluding steroid dienone is 1. The van der Waals surface area contributed by atoms with Crippen LogP contribution in [0.2, 0.25) is 0 Å². The van der Waals surface area contributed by atoms with Crippen molar-refractivity contribution in [2.45, 2.75) is 51.3 Å². The van der Waals surface area contributed by atoms with Crippen LogP contribution in [0.1, 0.15) is 37.1 Å². The van der Waals surface area contributed by atoms with Crippen LogP contribution in [0, 0.1) is 18.6 Å². The van der Waals surface area contributed by atoms with Crippen LogP contribution in [0.5, 0.6) is 0 Å². The number of hydrogen-bond donors (Lipinski definition) is 1. The van der Waals surface area contributed by atoms with Crippen LogP contribution in [0.3, 0.4) is 0 Å². The molecule has 2 heterocycles. The average Bonchev–Trinajstić information content (AvgIpc) is 3.21. The Bertz CT molecular complexity index is 1160. The first-order valence-corrected chi connectivity index (χ1v) is 12.1. The van der Waals surface area contributed by atoms with Crippen LogP contribution in [0.25, 0.3) is 0 Å². The molecule has 9 heteroatoms. The molecule has 1 aromatic carbocycles. The molecule has 0 aliphatic carbocycles. The molecule has 0 saturated carbocycles. The Kier molecular flexibility index (Phi) is 7.40. The Balaban J connectivity index is 1.81. The zero-order chi connectivity index (χ0) is 23.5. The highest BCUT2D eigenvalue weighted by molar-refractivity contribution is 7.91. The molecule has 0 saturated heterocycles. The van der Waals surface area contributed by atoms with Crippen molar-refractivity contribution < 1.29 is 17.2 Å². The molecule has 172 valence electrons. The highest BCUT2D eigenvalue weighted by Gasteiger charge is 2.25. The topological polar surface area (TPSA) is 74.7 Å². The van der Waals surface area contributed by atoms with Crippen molar-refractivity contribution in [2.75, 3.05) is 18.1 Å². The van der Waals surface area contributed by atoms with Gasteiger partial charge in [-0.25, -0.2) is 22.2 Å². The number of aromatic nitrogens is 1. The standard InChI is InChI=1S/C23H28F2N4O2S/c1-15(2)29(4)13-17-7-5-9-20(24)19(17)12-27-22-11-21(25)23(28-16(22)3)32(30,31)14-18-8-6-10-26-18/h5,7-11,15,27H,6,12-14H2,1-4H3. The van der Waals surface area contributed by atoms with Gasteiger partial charge in [-0.2, -0.15) is 0 Å². The van der Waals surface area contributed by atoms with E-state index in [0.717, 1.165) is 11.6 Å². The van der Waals surface area contributed by atoms with Gasteiger partial charge in [0.05, 0.1) is 22.8 Å². The first kappa shape index (κ1) is 24.0. The number of aryl methyl sites for hydroxylation is 1. The zero-order valence-electron chi connectivity index (χ0n) is 18.7. The minimum absolute atomic E-state index is 0.115. The highest BCUT2D eigenvalue weighted by Crippen LogP contribution is 2.25. The number of nitrogens with zero attached hydrogens (tertiary/aromatic N) is 3. The van der Waals surface area contributed by atoms with Gasteiger partial charge in [-0.1, -0.05) is 18.2 Å². The number of pyridine rings is 1. The number of aliphatic imine (C=N–C) groups is 1. The van der Waals surface area contributed by atoms with E-state index in [-0.39, 0.29) is 12.4 Å². The van der Waals surface area contributed by atoms with E-state index in [2.05, 4.69) is 34.0 Å². The van der Waals surface area contributed by atoms with Crippen molar-refractivity contribution in [1.82, 2.24) is 9.88 Å². The van der Waals surface area contributed by atoms with Crippen molar-refractivity contribution in [1.29, 1.82) is 0 Å². The fourth-order valence-corrected chi connectivity index (χ4v) is 4.66. The Morgan fingerprint density at radius 2 is 1.97 bits per heavy atom. The molecule has 0 fully saturated rings. The minimum atomic E-state index is -3.98. The molecule has 0 spiro atoms. The summed E-state index contributed by atoms with van der Waals surface area (Å²) in [5.41, 5.74) is 2.30. The van der Waals surface area contributed by atoms with Crippen LogP contribution in [0.4, 0.5) is 14.5 Å². The van der Waals surface area contributed by atoms with E-state index in [1.807, 2.05) is 13.1 Å².